The summed E-state index contributed by atoms with van der Waals surface area (Å²) in [6.07, 6.45) is 1.95. The van der Waals surface area contributed by atoms with Crippen LogP contribution in [0, 0.1) is 5.92 Å². The number of alkyl halides is 2. The summed E-state index contributed by atoms with van der Waals surface area (Å²) in [6, 6.07) is 6.48. The molecule has 1 aromatic carbocycles. The van der Waals surface area contributed by atoms with Crippen molar-refractivity contribution in [1.29, 1.82) is 0 Å². The summed E-state index contributed by atoms with van der Waals surface area (Å²) in [5, 5.41) is 0. The molecule has 0 unspecified atom stereocenters. The van der Waals surface area contributed by atoms with Crippen LogP contribution < -0.4 is 10.5 Å². The molecule has 1 rings (SSSR count). The van der Waals surface area contributed by atoms with Crippen LogP contribution in [0.3, 0.4) is 0 Å². The molecule has 0 fully saturated rings. The highest BCUT2D eigenvalue weighted by molar-refractivity contribution is 5.85. The summed E-state index contributed by atoms with van der Waals surface area (Å²) in [6.45, 7) is 1.51. The van der Waals surface area contributed by atoms with E-state index in [2.05, 4.69) is 18.6 Å². The van der Waals surface area contributed by atoms with Gasteiger partial charge in [-0.25, -0.2) is 0 Å². The molecule has 1 atom stereocenters. The molecular weight excluding hydrogens is 260 g/mol. The van der Waals surface area contributed by atoms with Gasteiger partial charge in [0.05, 0.1) is 0 Å². The van der Waals surface area contributed by atoms with Crippen molar-refractivity contribution in [3.63, 3.8) is 0 Å². The minimum absolute atomic E-state index is 0. The zero-order valence-electron chi connectivity index (χ0n) is 10.6. The number of rotatable bonds is 6. The van der Waals surface area contributed by atoms with Crippen LogP contribution in [0.4, 0.5) is 8.78 Å². The van der Waals surface area contributed by atoms with Gasteiger partial charge in [0.15, 0.2) is 0 Å². The molecule has 5 heteroatoms. The van der Waals surface area contributed by atoms with Crippen LogP contribution in [0.15, 0.2) is 24.3 Å². The van der Waals surface area contributed by atoms with Crippen LogP contribution in [-0.2, 0) is 0 Å². The number of halogens is 3. The molecule has 18 heavy (non-hydrogen) atoms. The molecule has 0 saturated carbocycles. The van der Waals surface area contributed by atoms with Gasteiger partial charge in [-0.15, -0.1) is 12.4 Å². The van der Waals surface area contributed by atoms with Gasteiger partial charge in [0.25, 0.3) is 0 Å². The molecule has 0 aliphatic carbocycles. The Morgan fingerprint density at radius 1 is 1.11 bits per heavy atom. The van der Waals surface area contributed by atoms with Crippen LogP contribution in [0.1, 0.15) is 38.3 Å². The summed E-state index contributed by atoms with van der Waals surface area (Å²) in [5.74, 6) is 0.780. The van der Waals surface area contributed by atoms with E-state index < -0.39 is 6.61 Å². The second-order valence-electron chi connectivity index (χ2n) is 4.53. The summed E-state index contributed by atoms with van der Waals surface area (Å²) in [7, 11) is 0. The average Bonchev–Trinajstić information content (AvgIpc) is 2.26. The van der Waals surface area contributed by atoms with Crippen LogP contribution >= 0.6 is 12.4 Å². The first-order valence-corrected chi connectivity index (χ1v) is 5.79. The monoisotopic (exact) mass is 279 g/mol. The smallest absolute Gasteiger partial charge is 0.387 e. The summed E-state index contributed by atoms with van der Waals surface area (Å²) >= 11 is 0. The van der Waals surface area contributed by atoms with Crippen molar-refractivity contribution in [3.8, 4) is 5.75 Å². The predicted octanol–water partition coefficient (Wildman–Crippen LogP) is 4.15. The van der Waals surface area contributed by atoms with Gasteiger partial charge in [0.1, 0.15) is 5.75 Å². The lowest BCUT2D eigenvalue weighted by Crippen LogP contribution is -2.11. The van der Waals surface area contributed by atoms with Crippen molar-refractivity contribution in [1.82, 2.24) is 0 Å². The molecule has 2 N–H and O–H groups in total. The summed E-state index contributed by atoms with van der Waals surface area (Å²) in [5.41, 5.74) is 6.96. The van der Waals surface area contributed by atoms with Crippen molar-refractivity contribution in [2.75, 3.05) is 0 Å². The molecule has 0 aliphatic heterocycles. The fourth-order valence-electron chi connectivity index (χ4n) is 1.58. The molecule has 2 nitrogen and oxygen atoms in total. The first-order valence-electron chi connectivity index (χ1n) is 5.79. The molecule has 0 aromatic heterocycles. The Morgan fingerprint density at radius 2 is 1.67 bits per heavy atom. The molecule has 0 bridgehead atoms. The van der Waals surface area contributed by atoms with Crippen molar-refractivity contribution in [3.05, 3.63) is 29.8 Å². The zero-order chi connectivity index (χ0) is 12.8. The maximum Gasteiger partial charge on any atom is 0.387 e. The van der Waals surface area contributed by atoms with E-state index in [9.17, 15) is 8.78 Å². The quantitative estimate of drug-likeness (QED) is 0.849. The van der Waals surface area contributed by atoms with Crippen LogP contribution in [-0.4, -0.2) is 6.61 Å². The van der Waals surface area contributed by atoms with E-state index in [1.807, 2.05) is 0 Å². The molecule has 0 saturated heterocycles. The maximum absolute atomic E-state index is 11.9. The number of benzene rings is 1. The highest BCUT2D eigenvalue weighted by atomic mass is 35.5. The Bertz CT molecular complexity index is 330. The van der Waals surface area contributed by atoms with Crippen LogP contribution in [0.5, 0.6) is 5.75 Å². The molecule has 104 valence electrons. The number of hydrogen-bond donors (Lipinski definition) is 1. The number of nitrogens with two attached hydrogens (primary N) is 1. The molecule has 0 aliphatic rings. The first kappa shape index (κ1) is 17.1. The van der Waals surface area contributed by atoms with Crippen LogP contribution in [0.2, 0.25) is 0 Å². The summed E-state index contributed by atoms with van der Waals surface area (Å²) in [4.78, 5) is 0. The fourth-order valence-corrected chi connectivity index (χ4v) is 1.58. The van der Waals surface area contributed by atoms with Gasteiger partial charge in [-0.2, -0.15) is 8.78 Å². The third kappa shape index (κ3) is 6.17. The number of hydrogen-bond acceptors (Lipinski definition) is 2. The van der Waals surface area contributed by atoms with Crippen molar-refractivity contribution < 1.29 is 13.5 Å². The van der Waals surface area contributed by atoms with Crippen molar-refractivity contribution >= 4 is 12.4 Å². The molecule has 0 spiro atoms. The SMILES string of the molecule is CC(C)CC[C@@H](N)c1ccc(OC(F)F)cc1.Cl. The average molecular weight is 280 g/mol. The lowest BCUT2D eigenvalue weighted by atomic mass is 9.98. The Kier molecular flexibility index (Phi) is 7.87. The second kappa shape index (κ2) is 8.27. The highest BCUT2D eigenvalue weighted by Crippen LogP contribution is 2.22. The molecule has 0 heterocycles. The van der Waals surface area contributed by atoms with E-state index in [0.29, 0.717) is 5.92 Å². The molecular formula is C13H20ClF2NO. The molecule has 1 aromatic rings. The van der Waals surface area contributed by atoms with E-state index in [4.69, 9.17) is 5.73 Å². The van der Waals surface area contributed by atoms with Crippen LogP contribution in [0.25, 0.3) is 0 Å². The van der Waals surface area contributed by atoms with E-state index in [-0.39, 0.29) is 24.2 Å². The van der Waals surface area contributed by atoms with Gasteiger partial charge in [0.2, 0.25) is 0 Å². The second-order valence-corrected chi connectivity index (χ2v) is 4.53. The van der Waals surface area contributed by atoms with Crippen molar-refractivity contribution in [2.24, 2.45) is 11.7 Å². The van der Waals surface area contributed by atoms with Gasteiger partial charge in [-0.3, -0.25) is 0 Å². The van der Waals surface area contributed by atoms with Gasteiger partial charge < -0.3 is 10.5 Å². The minimum Gasteiger partial charge on any atom is -0.435 e. The van der Waals surface area contributed by atoms with Gasteiger partial charge in [0, 0.05) is 6.04 Å². The van der Waals surface area contributed by atoms with Gasteiger partial charge >= 0.3 is 6.61 Å². The lowest BCUT2D eigenvalue weighted by Gasteiger charge is -2.14. The van der Waals surface area contributed by atoms with Gasteiger partial charge in [-0.05, 0) is 36.5 Å². The normalized spacial score (nSPS) is 12.4. The topological polar surface area (TPSA) is 35.2 Å². The van der Waals surface area contributed by atoms with E-state index in [0.717, 1.165) is 18.4 Å². The fraction of sp³-hybridized carbons (Fsp3) is 0.538. The summed E-state index contributed by atoms with van der Waals surface area (Å²) < 4.78 is 28.2. The Balaban J connectivity index is 0.00000289. The molecule has 0 radical (unpaired) electrons. The van der Waals surface area contributed by atoms with E-state index in [1.54, 1.807) is 12.1 Å². The maximum atomic E-state index is 11.9. The number of ether oxygens (including phenoxy) is 1. The lowest BCUT2D eigenvalue weighted by molar-refractivity contribution is -0.0498. The third-order valence-corrected chi connectivity index (χ3v) is 2.59. The van der Waals surface area contributed by atoms with E-state index >= 15 is 0 Å². The Hall–Kier alpha value is -0.870. The Morgan fingerprint density at radius 3 is 2.11 bits per heavy atom. The third-order valence-electron chi connectivity index (χ3n) is 2.59. The minimum atomic E-state index is -2.78. The highest BCUT2D eigenvalue weighted by Gasteiger charge is 2.08. The van der Waals surface area contributed by atoms with Gasteiger partial charge in [-0.1, -0.05) is 26.0 Å². The molecule has 0 amide bonds. The zero-order valence-corrected chi connectivity index (χ0v) is 11.4. The van der Waals surface area contributed by atoms with Crippen molar-refractivity contribution in [2.45, 2.75) is 39.3 Å². The first-order chi connectivity index (χ1) is 7.99. The Labute approximate surface area is 113 Å². The standard InChI is InChI=1S/C13H19F2NO.ClH/c1-9(2)3-8-12(16)10-4-6-11(7-5-10)17-13(14)15;/h4-7,9,12-13H,3,8,16H2,1-2H3;1H/t12-;/m1./s1. The largest absolute Gasteiger partial charge is 0.435 e. The predicted molar refractivity (Wildman–Crippen MR) is 71.3 cm³/mol. The van der Waals surface area contributed by atoms with E-state index in [1.165, 1.54) is 12.1 Å².